The van der Waals surface area contributed by atoms with Gasteiger partial charge in [0, 0.05) is 32.7 Å². The molecule has 2 heterocycles. The van der Waals surface area contributed by atoms with E-state index >= 15 is 8.78 Å². The maximum absolute atomic E-state index is 15.7. The van der Waals surface area contributed by atoms with Gasteiger partial charge in [0.05, 0.1) is 24.0 Å². The Morgan fingerprint density at radius 2 is 2.06 bits per heavy atom. The number of nitrogens with one attached hydrogen (secondary N) is 1. The van der Waals surface area contributed by atoms with Gasteiger partial charge in [-0.25, -0.2) is 28.4 Å². The summed E-state index contributed by atoms with van der Waals surface area (Å²) in [7, 11) is -1.46. The van der Waals surface area contributed by atoms with E-state index in [1.165, 1.54) is 37.5 Å². The molecule has 3 N–H and O–H groups in total. The number of aromatic nitrogens is 2. The van der Waals surface area contributed by atoms with Crippen molar-refractivity contribution in [1.82, 2.24) is 20.2 Å². The van der Waals surface area contributed by atoms with Gasteiger partial charge >= 0.3 is 6.09 Å². The number of hydrogen-bond acceptors (Lipinski definition) is 9. The van der Waals surface area contributed by atoms with Gasteiger partial charge in [0.1, 0.15) is 23.0 Å². The molecule has 2 amide bonds. The summed E-state index contributed by atoms with van der Waals surface area (Å²) < 4.78 is 40.7. The molecule has 2 aliphatic rings. The lowest BCUT2D eigenvalue weighted by molar-refractivity contribution is -0.122. The number of aliphatic imine (C=N–C) groups is 1. The van der Waals surface area contributed by atoms with Crippen LogP contribution in [0.3, 0.4) is 0 Å². The number of rotatable bonds is 13. The minimum atomic E-state index is -1.46. The predicted octanol–water partition coefficient (Wildman–Crippen LogP) is 4.96. The summed E-state index contributed by atoms with van der Waals surface area (Å²) in [6.07, 6.45) is 6.82. The van der Waals surface area contributed by atoms with Crippen molar-refractivity contribution >= 4 is 48.9 Å². The molecule has 1 aliphatic heterocycles. The van der Waals surface area contributed by atoms with E-state index < -0.39 is 54.0 Å². The second kappa shape index (κ2) is 14.5. The summed E-state index contributed by atoms with van der Waals surface area (Å²) in [4.78, 5) is 39.7. The minimum Gasteiger partial charge on any atom is -0.465 e. The third kappa shape index (κ3) is 8.55. The van der Waals surface area contributed by atoms with E-state index in [0.717, 1.165) is 28.8 Å². The molecule has 1 unspecified atom stereocenters. The number of ether oxygens (including phenoxy) is 2. The van der Waals surface area contributed by atoms with Gasteiger partial charge in [0.15, 0.2) is 17.6 Å². The van der Waals surface area contributed by atoms with Crippen molar-refractivity contribution in [3.63, 3.8) is 0 Å². The van der Waals surface area contributed by atoms with Crippen molar-refractivity contribution in [2.75, 3.05) is 26.5 Å². The number of aliphatic hydroxyl groups is 1. The number of aliphatic hydroxyl groups excluding tert-OH is 1. The summed E-state index contributed by atoms with van der Waals surface area (Å²) in [6, 6.07) is 4.79. The number of carbonyl (C=O) groups excluding carboxylic acids is 1. The first-order valence-corrected chi connectivity index (χ1v) is 19.5. The number of amidine groups is 1. The van der Waals surface area contributed by atoms with E-state index in [-0.39, 0.29) is 54.2 Å². The van der Waals surface area contributed by atoms with Crippen LogP contribution in [0.2, 0.25) is 25.7 Å². The van der Waals surface area contributed by atoms with Gasteiger partial charge in [-0.2, -0.15) is 0 Å². The van der Waals surface area contributed by atoms with Crippen LogP contribution in [0.4, 0.5) is 13.6 Å². The van der Waals surface area contributed by atoms with Crippen LogP contribution in [0, 0.1) is 24.1 Å². The Kier molecular flexibility index (Phi) is 11.1. The number of carbonyl (C=O) groups is 2. The average Bonchev–Trinajstić information content (AvgIpc) is 3.76. The molecule has 1 fully saturated rings. The van der Waals surface area contributed by atoms with Crippen LogP contribution >= 0.6 is 11.8 Å². The fourth-order valence-corrected chi connectivity index (χ4v) is 7.47. The van der Waals surface area contributed by atoms with E-state index in [1.54, 1.807) is 6.92 Å². The molecule has 0 saturated heterocycles. The van der Waals surface area contributed by atoms with Crippen molar-refractivity contribution in [3.05, 3.63) is 53.2 Å². The third-order valence-electron chi connectivity index (χ3n) is 7.82. The zero-order valence-corrected chi connectivity index (χ0v) is 28.7. The Balaban J connectivity index is 1.71. The lowest BCUT2D eigenvalue weighted by atomic mass is 9.84. The Morgan fingerprint density at radius 3 is 2.68 bits per heavy atom. The molecule has 0 radical (unpaired) electrons. The number of amides is 2. The van der Waals surface area contributed by atoms with Gasteiger partial charge < -0.3 is 25.0 Å². The summed E-state index contributed by atoms with van der Waals surface area (Å²) in [5.41, 5.74) is -1.18. The number of nitrogens with zero attached hydrogens (tertiary/aromatic N) is 4. The quantitative estimate of drug-likeness (QED) is 0.115. The summed E-state index contributed by atoms with van der Waals surface area (Å²) >= 11 is 0.988. The number of carboxylic acid groups (broad SMARTS) is 1. The normalized spacial score (nSPS) is 22.7. The molecule has 1 saturated carbocycles. The molecular formula is C32H39F2N5O6SSi. The number of fused-ring (bicyclic) bond motifs is 1. The van der Waals surface area contributed by atoms with Gasteiger partial charge in [-0.15, -0.1) is 6.42 Å². The molecule has 0 bridgehead atoms. The van der Waals surface area contributed by atoms with E-state index in [4.69, 9.17) is 20.9 Å². The topological polar surface area (TPSA) is 146 Å². The van der Waals surface area contributed by atoms with Crippen LogP contribution in [0.1, 0.15) is 37.1 Å². The smallest absolute Gasteiger partial charge is 0.415 e. The number of thioether (sulfide) groups is 1. The number of halogens is 2. The fourth-order valence-electron chi connectivity index (χ4n) is 5.12. The van der Waals surface area contributed by atoms with Gasteiger partial charge in [0.25, 0.3) is 0 Å². The maximum atomic E-state index is 15.7. The molecule has 4 rings (SSSR count). The maximum Gasteiger partial charge on any atom is 0.415 e. The van der Waals surface area contributed by atoms with Gasteiger partial charge in [-0.05, 0) is 50.1 Å². The van der Waals surface area contributed by atoms with Crippen molar-refractivity contribution in [1.29, 1.82) is 0 Å². The zero-order chi connectivity index (χ0) is 34.6. The largest absolute Gasteiger partial charge is 0.465 e. The zero-order valence-electron chi connectivity index (χ0n) is 26.9. The molecule has 0 spiro atoms. The Morgan fingerprint density at radius 1 is 1.32 bits per heavy atom. The van der Waals surface area contributed by atoms with Crippen LogP contribution in [0.15, 0.2) is 35.6 Å². The summed E-state index contributed by atoms with van der Waals surface area (Å²) in [5, 5.41) is 22.7. The standard InChI is InChI=1S/C32H39F2N5O6SSi/c1-7-10-45-27-18-35-25(17-36-27)24(34)14-21-8-9-23(33)22(13-21)31(3)26-15-32(26,28(41)37-16-20(2)40)46-29(38-31)39(30(42)43)19-44-11-12-47(4,5)6/h1,8-9,13-14,17-18,20,26,40H,10-12,15-16,19H2,2-6H3,(H,37,41)(H,42,43)/b24-14-/t20?,26-,31+,32-/m0/s1. The average molecular weight is 688 g/mol. The Labute approximate surface area is 277 Å². The van der Waals surface area contributed by atoms with Crippen molar-refractivity contribution in [2.24, 2.45) is 10.9 Å². The molecule has 11 nitrogen and oxygen atoms in total. The third-order valence-corrected chi connectivity index (χ3v) is 11.0. The first-order valence-electron chi connectivity index (χ1n) is 15.0. The Bertz CT molecular complexity index is 1600. The van der Waals surface area contributed by atoms with Crippen LogP contribution in [-0.2, 0) is 15.1 Å². The minimum absolute atomic E-state index is 0.0205. The van der Waals surface area contributed by atoms with E-state index in [1.807, 2.05) is 0 Å². The van der Waals surface area contributed by atoms with Crippen LogP contribution < -0.4 is 10.1 Å². The molecule has 15 heteroatoms. The Hall–Kier alpha value is -3.84. The summed E-state index contributed by atoms with van der Waals surface area (Å²) in [6.45, 7) is 9.65. The van der Waals surface area contributed by atoms with Crippen LogP contribution in [-0.4, -0.2) is 87.7 Å². The summed E-state index contributed by atoms with van der Waals surface area (Å²) in [5.74, 6) is 0.0487. The number of benzene rings is 1. The van der Waals surface area contributed by atoms with E-state index in [9.17, 15) is 19.8 Å². The van der Waals surface area contributed by atoms with Gasteiger partial charge in [-0.1, -0.05) is 43.4 Å². The first-order chi connectivity index (χ1) is 22.1. The van der Waals surface area contributed by atoms with Crippen LogP contribution in [0.5, 0.6) is 5.88 Å². The van der Waals surface area contributed by atoms with Crippen molar-refractivity contribution < 1.29 is 38.1 Å². The molecule has 47 heavy (non-hydrogen) atoms. The highest BCUT2D eigenvalue weighted by molar-refractivity contribution is 8.16. The monoisotopic (exact) mass is 687 g/mol. The van der Waals surface area contributed by atoms with Crippen molar-refractivity contribution in [3.8, 4) is 18.2 Å². The molecule has 1 aromatic carbocycles. The number of hydrogen-bond donors (Lipinski definition) is 3. The molecule has 1 aromatic heterocycles. The second-order valence-corrected chi connectivity index (χ2v) is 19.8. The first kappa shape index (κ1) is 36.0. The highest BCUT2D eigenvalue weighted by Gasteiger charge is 2.71. The molecule has 252 valence electrons. The van der Waals surface area contributed by atoms with Gasteiger partial charge in [-0.3, -0.25) is 9.79 Å². The van der Waals surface area contributed by atoms with Gasteiger partial charge in [0.2, 0.25) is 11.8 Å². The van der Waals surface area contributed by atoms with Crippen LogP contribution in [0.25, 0.3) is 11.9 Å². The highest BCUT2D eigenvalue weighted by Crippen LogP contribution is 2.66. The second-order valence-electron chi connectivity index (χ2n) is 12.9. The van der Waals surface area contributed by atoms with E-state index in [0.29, 0.717) is 6.61 Å². The number of terminal acetylenes is 1. The predicted molar refractivity (Wildman–Crippen MR) is 178 cm³/mol. The SMILES string of the molecule is C#CCOc1cnc(/C(F)=C/c2ccc(F)c([C@@]3(C)N=C(N(COCC[Si](C)(C)C)C(=O)O)S[C@@]4(C(=O)NCC(C)O)C[C@H]43)c2)cn1. The molecule has 2 aromatic rings. The highest BCUT2D eigenvalue weighted by atomic mass is 32.2. The lowest BCUT2D eigenvalue weighted by Gasteiger charge is -2.37. The molecule has 4 atom stereocenters. The van der Waals surface area contributed by atoms with E-state index in [2.05, 4.69) is 40.8 Å². The van der Waals surface area contributed by atoms with Crippen molar-refractivity contribution in [2.45, 2.75) is 62.3 Å². The molecule has 1 aliphatic carbocycles. The fraction of sp³-hybridized carbons (Fsp3) is 0.469. The lowest BCUT2D eigenvalue weighted by Crippen LogP contribution is -2.48. The molecular weight excluding hydrogens is 649 g/mol.